The van der Waals surface area contributed by atoms with E-state index in [1.54, 1.807) is 7.05 Å². The van der Waals surface area contributed by atoms with Crippen molar-refractivity contribution in [2.75, 3.05) is 26.7 Å². The highest BCUT2D eigenvalue weighted by Gasteiger charge is 2.27. The first-order chi connectivity index (χ1) is 8.49. The average molecular weight is 252 g/mol. The number of amides is 2. The van der Waals surface area contributed by atoms with Crippen LogP contribution in [0, 0.1) is 5.82 Å². The molecule has 0 unspecified atom stereocenters. The Bertz CT molecular complexity index is 504. The zero-order chi connectivity index (χ0) is 13.3. The number of phenols is 1. The lowest BCUT2D eigenvalue weighted by atomic mass is 10.1. The standard InChI is InChI=1S/C12H13FN2O3/c1-14-4-5-15(7-11(14)17)12(18)9-6-8(13)2-3-10(9)16/h2-3,6,16H,4-5,7H2,1H3. The largest absolute Gasteiger partial charge is 0.507 e. The number of likely N-dealkylation sites (N-methyl/N-ethyl adjacent to an activating group) is 1. The second kappa shape index (κ2) is 4.64. The Labute approximate surface area is 103 Å². The second-order valence-corrected chi connectivity index (χ2v) is 4.20. The van der Waals surface area contributed by atoms with Crippen LogP contribution in [0.3, 0.4) is 0 Å². The summed E-state index contributed by atoms with van der Waals surface area (Å²) in [6.45, 7) is 0.753. The minimum atomic E-state index is -0.600. The average Bonchev–Trinajstić information content (AvgIpc) is 2.35. The molecular formula is C12H13FN2O3. The fraction of sp³-hybridized carbons (Fsp3) is 0.333. The molecule has 0 aliphatic carbocycles. The summed E-state index contributed by atoms with van der Waals surface area (Å²) in [7, 11) is 1.66. The number of piperazine rings is 1. The Hall–Kier alpha value is -2.11. The van der Waals surface area contributed by atoms with E-state index in [4.69, 9.17) is 0 Å². The molecule has 2 amide bonds. The quantitative estimate of drug-likeness (QED) is 0.789. The third-order valence-corrected chi connectivity index (χ3v) is 2.93. The van der Waals surface area contributed by atoms with Gasteiger partial charge < -0.3 is 14.9 Å². The number of phenolic OH excluding ortho intramolecular Hbond substituents is 1. The molecule has 5 nitrogen and oxygen atoms in total. The van der Waals surface area contributed by atoms with Crippen molar-refractivity contribution in [3.8, 4) is 5.75 Å². The van der Waals surface area contributed by atoms with Gasteiger partial charge in [-0.25, -0.2) is 4.39 Å². The van der Waals surface area contributed by atoms with Gasteiger partial charge in [0.05, 0.1) is 5.56 Å². The summed E-state index contributed by atoms with van der Waals surface area (Å²) in [5, 5.41) is 9.54. The van der Waals surface area contributed by atoms with Crippen LogP contribution in [0.4, 0.5) is 4.39 Å². The van der Waals surface area contributed by atoms with Gasteiger partial charge in [-0.3, -0.25) is 9.59 Å². The predicted octanol–water partition coefficient (Wildman–Crippen LogP) is 0.446. The van der Waals surface area contributed by atoms with Crippen LogP contribution < -0.4 is 0 Å². The Morgan fingerprint density at radius 3 is 2.78 bits per heavy atom. The summed E-state index contributed by atoms with van der Waals surface area (Å²) >= 11 is 0. The zero-order valence-electron chi connectivity index (χ0n) is 9.89. The van der Waals surface area contributed by atoms with Crippen LogP contribution in [0.15, 0.2) is 18.2 Å². The number of hydrogen-bond donors (Lipinski definition) is 1. The van der Waals surface area contributed by atoms with Gasteiger partial charge in [0.25, 0.3) is 5.91 Å². The molecule has 2 rings (SSSR count). The van der Waals surface area contributed by atoms with Crippen molar-refractivity contribution >= 4 is 11.8 Å². The van der Waals surface area contributed by atoms with Gasteiger partial charge in [0.2, 0.25) is 5.91 Å². The van der Waals surface area contributed by atoms with Crippen molar-refractivity contribution in [2.24, 2.45) is 0 Å². The van der Waals surface area contributed by atoms with Crippen LogP contribution in [-0.2, 0) is 4.79 Å². The molecule has 1 aliphatic heterocycles. The first-order valence-electron chi connectivity index (χ1n) is 5.51. The van der Waals surface area contributed by atoms with E-state index in [2.05, 4.69) is 0 Å². The number of carbonyl (C=O) groups is 2. The summed E-state index contributed by atoms with van der Waals surface area (Å²) in [5.74, 6) is -1.59. The summed E-state index contributed by atoms with van der Waals surface area (Å²) in [4.78, 5) is 26.4. The van der Waals surface area contributed by atoms with Gasteiger partial charge in [-0.2, -0.15) is 0 Å². The lowest BCUT2D eigenvalue weighted by Crippen LogP contribution is -2.50. The van der Waals surface area contributed by atoms with Gasteiger partial charge in [0.15, 0.2) is 0 Å². The molecule has 1 aromatic carbocycles. The Kier molecular flexibility index (Phi) is 3.18. The molecule has 1 aromatic rings. The number of aromatic hydroxyl groups is 1. The van der Waals surface area contributed by atoms with E-state index in [1.807, 2.05) is 0 Å². The van der Waals surface area contributed by atoms with Crippen molar-refractivity contribution < 1.29 is 19.1 Å². The van der Waals surface area contributed by atoms with Gasteiger partial charge in [-0.1, -0.05) is 0 Å². The number of halogens is 1. The summed E-state index contributed by atoms with van der Waals surface area (Å²) in [6.07, 6.45) is 0. The lowest BCUT2D eigenvalue weighted by molar-refractivity contribution is -0.133. The van der Waals surface area contributed by atoms with Gasteiger partial charge in [-0.05, 0) is 18.2 Å². The Balaban J connectivity index is 2.21. The normalized spacial score (nSPS) is 16.0. The van der Waals surface area contributed by atoms with E-state index >= 15 is 0 Å². The fourth-order valence-electron chi connectivity index (χ4n) is 1.78. The monoisotopic (exact) mass is 252 g/mol. The maximum absolute atomic E-state index is 13.1. The number of carbonyl (C=O) groups excluding carboxylic acids is 2. The Morgan fingerprint density at radius 1 is 1.39 bits per heavy atom. The van der Waals surface area contributed by atoms with E-state index in [-0.39, 0.29) is 23.8 Å². The maximum Gasteiger partial charge on any atom is 0.258 e. The minimum Gasteiger partial charge on any atom is -0.507 e. The molecule has 0 bridgehead atoms. The molecule has 1 fully saturated rings. The van der Waals surface area contributed by atoms with E-state index < -0.39 is 11.7 Å². The highest BCUT2D eigenvalue weighted by atomic mass is 19.1. The van der Waals surface area contributed by atoms with Crippen LogP contribution in [-0.4, -0.2) is 53.4 Å². The highest BCUT2D eigenvalue weighted by molar-refractivity contribution is 5.99. The summed E-state index contributed by atoms with van der Waals surface area (Å²) in [5.41, 5.74) is -0.118. The van der Waals surface area contributed by atoms with Gasteiger partial charge in [0.1, 0.15) is 18.1 Å². The SMILES string of the molecule is CN1CCN(C(=O)c2cc(F)ccc2O)CC1=O. The molecule has 18 heavy (non-hydrogen) atoms. The molecular weight excluding hydrogens is 239 g/mol. The number of benzene rings is 1. The third-order valence-electron chi connectivity index (χ3n) is 2.93. The molecule has 6 heteroatoms. The Morgan fingerprint density at radius 2 is 2.11 bits per heavy atom. The van der Waals surface area contributed by atoms with Crippen molar-refractivity contribution in [2.45, 2.75) is 0 Å². The summed E-state index contributed by atoms with van der Waals surface area (Å²) < 4.78 is 13.1. The second-order valence-electron chi connectivity index (χ2n) is 4.20. The van der Waals surface area contributed by atoms with Crippen LogP contribution >= 0.6 is 0 Å². The van der Waals surface area contributed by atoms with Crippen LogP contribution in [0.5, 0.6) is 5.75 Å². The van der Waals surface area contributed by atoms with Crippen LogP contribution in [0.1, 0.15) is 10.4 Å². The molecule has 96 valence electrons. The number of nitrogens with zero attached hydrogens (tertiary/aromatic N) is 2. The van der Waals surface area contributed by atoms with Gasteiger partial charge in [0, 0.05) is 20.1 Å². The molecule has 0 aromatic heterocycles. The van der Waals surface area contributed by atoms with E-state index in [1.165, 1.54) is 9.80 Å². The molecule has 1 heterocycles. The maximum atomic E-state index is 13.1. The molecule has 1 aliphatic rings. The predicted molar refractivity (Wildman–Crippen MR) is 61.6 cm³/mol. The molecule has 0 radical (unpaired) electrons. The smallest absolute Gasteiger partial charge is 0.258 e. The van der Waals surface area contributed by atoms with Gasteiger partial charge >= 0.3 is 0 Å². The van der Waals surface area contributed by atoms with E-state index in [0.29, 0.717) is 13.1 Å². The summed E-state index contributed by atoms with van der Waals surface area (Å²) in [6, 6.07) is 3.17. The fourth-order valence-corrected chi connectivity index (χ4v) is 1.78. The molecule has 1 saturated heterocycles. The van der Waals surface area contributed by atoms with Crippen molar-refractivity contribution in [3.63, 3.8) is 0 Å². The first-order valence-corrected chi connectivity index (χ1v) is 5.51. The first kappa shape index (κ1) is 12.3. The van der Waals surface area contributed by atoms with E-state index in [0.717, 1.165) is 18.2 Å². The van der Waals surface area contributed by atoms with Crippen molar-refractivity contribution in [1.29, 1.82) is 0 Å². The van der Waals surface area contributed by atoms with Crippen molar-refractivity contribution in [3.05, 3.63) is 29.6 Å². The van der Waals surface area contributed by atoms with E-state index in [9.17, 15) is 19.1 Å². The molecule has 1 N–H and O–H groups in total. The zero-order valence-corrected chi connectivity index (χ0v) is 9.89. The number of rotatable bonds is 1. The molecule has 0 spiro atoms. The lowest BCUT2D eigenvalue weighted by Gasteiger charge is -2.32. The minimum absolute atomic E-state index is 0.0503. The van der Waals surface area contributed by atoms with Crippen LogP contribution in [0.2, 0.25) is 0 Å². The third kappa shape index (κ3) is 2.27. The van der Waals surface area contributed by atoms with Gasteiger partial charge in [-0.15, -0.1) is 0 Å². The molecule has 0 saturated carbocycles. The number of hydrogen-bond acceptors (Lipinski definition) is 3. The topological polar surface area (TPSA) is 60.9 Å². The highest BCUT2D eigenvalue weighted by Crippen LogP contribution is 2.20. The van der Waals surface area contributed by atoms with Crippen LogP contribution in [0.25, 0.3) is 0 Å². The van der Waals surface area contributed by atoms with Crippen molar-refractivity contribution in [1.82, 2.24) is 9.80 Å². The molecule has 0 atom stereocenters.